The van der Waals surface area contributed by atoms with E-state index in [2.05, 4.69) is 9.71 Å². The van der Waals surface area contributed by atoms with Gasteiger partial charge < -0.3 is 4.74 Å². The molecule has 25 heavy (non-hydrogen) atoms. The standard InChI is InChI=1S/C19H18N2O3S/c1-14-5-8-18(9-6-14)25(22,23)21-19-10-7-16(12-15(19)2)24-17-4-3-11-20-13-17/h3-13,21H,1-2H3. The van der Waals surface area contributed by atoms with Gasteiger partial charge in [0, 0.05) is 6.20 Å². The van der Waals surface area contributed by atoms with E-state index in [4.69, 9.17) is 4.74 Å². The van der Waals surface area contributed by atoms with Crippen LogP contribution >= 0.6 is 0 Å². The summed E-state index contributed by atoms with van der Waals surface area (Å²) in [5.74, 6) is 1.23. The van der Waals surface area contributed by atoms with Crippen LogP contribution in [0.1, 0.15) is 11.1 Å². The molecule has 3 rings (SSSR count). The fourth-order valence-corrected chi connectivity index (χ4v) is 3.41. The van der Waals surface area contributed by atoms with Gasteiger partial charge in [-0.2, -0.15) is 0 Å². The van der Waals surface area contributed by atoms with Crippen molar-refractivity contribution in [3.63, 3.8) is 0 Å². The Labute approximate surface area is 147 Å². The summed E-state index contributed by atoms with van der Waals surface area (Å²) < 4.78 is 33.3. The highest BCUT2D eigenvalue weighted by molar-refractivity contribution is 7.92. The zero-order valence-electron chi connectivity index (χ0n) is 13.9. The van der Waals surface area contributed by atoms with Gasteiger partial charge in [-0.15, -0.1) is 0 Å². The van der Waals surface area contributed by atoms with E-state index < -0.39 is 10.0 Å². The highest BCUT2D eigenvalue weighted by Gasteiger charge is 2.15. The van der Waals surface area contributed by atoms with Gasteiger partial charge in [-0.25, -0.2) is 8.42 Å². The SMILES string of the molecule is Cc1ccc(S(=O)(=O)Nc2ccc(Oc3cccnc3)cc2C)cc1. The maximum atomic E-state index is 12.5. The minimum Gasteiger partial charge on any atom is -0.456 e. The third kappa shape index (κ3) is 4.16. The Morgan fingerprint density at radius 1 is 0.960 bits per heavy atom. The summed E-state index contributed by atoms with van der Waals surface area (Å²) >= 11 is 0. The van der Waals surface area contributed by atoms with Crippen molar-refractivity contribution >= 4 is 15.7 Å². The second kappa shape index (κ2) is 6.94. The van der Waals surface area contributed by atoms with E-state index in [1.807, 2.05) is 13.8 Å². The van der Waals surface area contributed by atoms with Gasteiger partial charge in [0.15, 0.2) is 0 Å². The van der Waals surface area contributed by atoms with Crippen LogP contribution in [0.3, 0.4) is 0 Å². The summed E-state index contributed by atoms with van der Waals surface area (Å²) in [6.07, 6.45) is 3.28. The van der Waals surface area contributed by atoms with Gasteiger partial charge in [-0.1, -0.05) is 17.7 Å². The number of ether oxygens (including phenoxy) is 1. The largest absolute Gasteiger partial charge is 0.456 e. The van der Waals surface area contributed by atoms with E-state index in [0.29, 0.717) is 17.2 Å². The van der Waals surface area contributed by atoms with E-state index in [1.54, 1.807) is 67.0 Å². The fourth-order valence-electron chi connectivity index (χ4n) is 2.28. The molecule has 0 aliphatic carbocycles. The molecule has 1 heterocycles. The van der Waals surface area contributed by atoms with Crippen LogP contribution in [-0.2, 0) is 10.0 Å². The highest BCUT2D eigenvalue weighted by atomic mass is 32.2. The Hall–Kier alpha value is -2.86. The Morgan fingerprint density at radius 3 is 2.36 bits per heavy atom. The molecule has 2 aromatic carbocycles. The molecule has 0 unspecified atom stereocenters. The van der Waals surface area contributed by atoms with Crippen LogP contribution in [0.15, 0.2) is 71.9 Å². The van der Waals surface area contributed by atoms with Crippen LogP contribution in [0.2, 0.25) is 0 Å². The summed E-state index contributed by atoms with van der Waals surface area (Å²) in [5.41, 5.74) is 2.28. The first kappa shape index (κ1) is 17.0. The molecule has 0 saturated heterocycles. The molecule has 0 aliphatic heterocycles. The number of pyridine rings is 1. The zero-order valence-corrected chi connectivity index (χ0v) is 14.7. The monoisotopic (exact) mass is 354 g/mol. The maximum absolute atomic E-state index is 12.5. The minimum atomic E-state index is -3.63. The molecule has 0 radical (unpaired) electrons. The van der Waals surface area contributed by atoms with Crippen molar-refractivity contribution < 1.29 is 13.2 Å². The quantitative estimate of drug-likeness (QED) is 0.742. The van der Waals surface area contributed by atoms with E-state index in [0.717, 1.165) is 11.1 Å². The number of nitrogens with one attached hydrogen (secondary N) is 1. The second-order valence-corrected chi connectivity index (χ2v) is 7.37. The Kier molecular flexibility index (Phi) is 4.72. The molecule has 6 heteroatoms. The van der Waals surface area contributed by atoms with Crippen molar-refractivity contribution in [2.45, 2.75) is 18.7 Å². The topological polar surface area (TPSA) is 68.3 Å². The van der Waals surface area contributed by atoms with Crippen LogP contribution in [0.4, 0.5) is 5.69 Å². The number of anilines is 1. The average Bonchev–Trinajstić information content (AvgIpc) is 2.59. The van der Waals surface area contributed by atoms with Crippen molar-refractivity contribution in [2.75, 3.05) is 4.72 Å². The van der Waals surface area contributed by atoms with Crippen LogP contribution < -0.4 is 9.46 Å². The van der Waals surface area contributed by atoms with Gasteiger partial charge in [-0.05, 0) is 61.9 Å². The zero-order chi connectivity index (χ0) is 17.9. The molecule has 0 atom stereocenters. The lowest BCUT2D eigenvalue weighted by Gasteiger charge is -2.12. The van der Waals surface area contributed by atoms with Crippen molar-refractivity contribution in [2.24, 2.45) is 0 Å². The normalized spacial score (nSPS) is 11.1. The van der Waals surface area contributed by atoms with Gasteiger partial charge in [0.2, 0.25) is 0 Å². The average molecular weight is 354 g/mol. The highest BCUT2D eigenvalue weighted by Crippen LogP contribution is 2.27. The molecule has 0 amide bonds. The number of hydrogen-bond acceptors (Lipinski definition) is 4. The van der Waals surface area contributed by atoms with E-state index in [1.165, 1.54) is 0 Å². The van der Waals surface area contributed by atoms with Crippen LogP contribution in [-0.4, -0.2) is 13.4 Å². The second-order valence-electron chi connectivity index (χ2n) is 5.69. The molecule has 1 aromatic heterocycles. The van der Waals surface area contributed by atoms with Crippen LogP contribution in [0.25, 0.3) is 0 Å². The lowest BCUT2D eigenvalue weighted by molar-refractivity contribution is 0.480. The van der Waals surface area contributed by atoms with Gasteiger partial charge in [0.05, 0.1) is 16.8 Å². The molecule has 128 valence electrons. The predicted octanol–water partition coefficient (Wildman–Crippen LogP) is 4.29. The lowest BCUT2D eigenvalue weighted by Crippen LogP contribution is -2.13. The molecular formula is C19H18N2O3S. The summed E-state index contributed by atoms with van der Waals surface area (Å²) in [5, 5.41) is 0. The fraction of sp³-hybridized carbons (Fsp3) is 0.105. The molecule has 1 N–H and O–H groups in total. The van der Waals surface area contributed by atoms with Crippen molar-refractivity contribution in [3.05, 3.63) is 78.1 Å². The number of sulfonamides is 1. The summed E-state index contributed by atoms with van der Waals surface area (Å²) in [4.78, 5) is 4.22. The Balaban J connectivity index is 1.80. The molecule has 0 fully saturated rings. The van der Waals surface area contributed by atoms with Crippen molar-refractivity contribution in [1.29, 1.82) is 0 Å². The van der Waals surface area contributed by atoms with Gasteiger partial charge in [0.1, 0.15) is 11.5 Å². The number of hydrogen-bond donors (Lipinski definition) is 1. The minimum absolute atomic E-state index is 0.230. The van der Waals surface area contributed by atoms with Crippen molar-refractivity contribution in [3.8, 4) is 11.5 Å². The molecule has 5 nitrogen and oxygen atoms in total. The van der Waals surface area contributed by atoms with Crippen LogP contribution in [0.5, 0.6) is 11.5 Å². The third-order valence-corrected chi connectivity index (χ3v) is 5.02. The summed E-state index contributed by atoms with van der Waals surface area (Å²) in [6, 6.07) is 15.5. The van der Waals surface area contributed by atoms with Crippen LogP contribution in [0, 0.1) is 13.8 Å². The predicted molar refractivity (Wildman–Crippen MR) is 97.5 cm³/mol. The van der Waals surface area contributed by atoms with Gasteiger partial charge in [-0.3, -0.25) is 9.71 Å². The number of benzene rings is 2. The van der Waals surface area contributed by atoms with E-state index in [9.17, 15) is 8.42 Å². The van der Waals surface area contributed by atoms with Gasteiger partial charge >= 0.3 is 0 Å². The first-order valence-electron chi connectivity index (χ1n) is 7.72. The Morgan fingerprint density at radius 2 is 1.72 bits per heavy atom. The Bertz CT molecular complexity index is 969. The first-order chi connectivity index (χ1) is 11.9. The third-order valence-electron chi connectivity index (χ3n) is 3.64. The maximum Gasteiger partial charge on any atom is 0.261 e. The number of rotatable bonds is 5. The number of aryl methyl sites for hydroxylation is 2. The van der Waals surface area contributed by atoms with Gasteiger partial charge in [0.25, 0.3) is 10.0 Å². The smallest absolute Gasteiger partial charge is 0.261 e. The molecule has 0 spiro atoms. The summed E-state index contributed by atoms with van der Waals surface area (Å²) in [6.45, 7) is 3.73. The molecular weight excluding hydrogens is 336 g/mol. The van der Waals surface area contributed by atoms with E-state index >= 15 is 0 Å². The molecule has 3 aromatic rings. The van der Waals surface area contributed by atoms with Crippen molar-refractivity contribution in [1.82, 2.24) is 4.98 Å². The number of nitrogens with zero attached hydrogens (tertiary/aromatic N) is 1. The molecule has 0 aliphatic rings. The molecule has 0 saturated carbocycles. The first-order valence-corrected chi connectivity index (χ1v) is 9.20. The van der Waals surface area contributed by atoms with E-state index in [-0.39, 0.29) is 4.90 Å². The lowest BCUT2D eigenvalue weighted by atomic mass is 10.2. The number of aromatic nitrogens is 1. The summed E-state index contributed by atoms with van der Waals surface area (Å²) in [7, 11) is -3.63. The molecule has 0 bridgehead atoms.